The molecule has 0 heterocycles. The topological polar surface area (TPSA) is 26.0 Å². The molecule has 0 saturated heterocycles. The van der Waals surface area contributed by atoms with Crippen molar-refractivity contribution in [3.05, 3.63) is 35.1 Å². The Bertz CT molecular complexity index is 336. The van der Waals surface area contributed by atoms with Crippen molar-refractivity contribution in [3.63, 3.8) is 0 Å². The minimum atomic E-state index is -0.154. The van der Waals surface area contributed by atoms with Crippen molar-refractivity contribution in [1.29, 1.82) is 0 Å². The van der Waals surface area contributed by atoms with E-state index < -0.39 is 0 Å². The molecule has 0 aliphatic heterocycles. The monoisotopic (exact) mass is 229 g/mol. The molecule has 0 aromatic heterocycles. The lowest BCUT2D eigenvalue weighted by Crippen LogP contribution is -2.12. The van der Waals surface area contributed by atoms with Crippen LogP contribution in [0.4, 0.5) is 4.39 Å². The first-order chi connectivity index (χ1) is 6.66. The summed E-state index contributed by atoms with van der Waals surface area (Å²) >= 11 is 0. The summed E-state index contributed by atoms with van der Waals surface area (Å²) in [5.41, 5.74) is 7.56. The molecule has 3 heteroatoms. The van der Waals surface area contributed by atoms with Gasteiger partial charge in [0.1, 0.15) is 5.82 Å². The SMILES string of the molecule is Cc1ccc([C@@H](N)CC2CC2)c(F)c1.Cl. The quantitative estimate of drug-likeness (QED) is 0.845. The predicted molar refractivity (Wildman–Crippen MR) is 62.7 cm³/mol. The smallest absolute Gasteiger partial charge is 0.128 e. The van der Waals surface area contributed by atoms with E-state index in [1.54, 1.807) is 6.07 Å². The van der Waals surface area contributed by atoms with E-state index in [1.165, 1.54) is 12.8 Å². The van der Waals surface area contributed by atoms with Crippen molar-refractivity contribution >= 4 is 12.4 Å². The first-order valence-electron chi connectivity index (χ1n) is 5.18. The van der Waals surface area contributed by atoms with Crippen LogP contribution in [0.1, 0.15) is 36.4 Å². The van der Waals surface area contributed by atoms with Crippen LogP contribution in [-0.2, 0) is 0 Å². The lowest BCUT2D eigenvalue weighted by atomic mass is 10.0. The van der Waals surface area contributed by atoms with Gasteiger partial charge in [-0.1, -0.05) is 25.0 Å². The molecule has 0 radical (unpaired) electrons. The fourth-order valence-electron chi connectivity index (χ4n) is 1.77. The molecule has 1 aromatic rings. The van der Waals surface area contributed by atoms with Crippen LogP contribution < -0.4 is 5.73 Å². The maximum absolute atomic E-state index is 13.5. The van der Waals surface area contributed by atoms with Gasteiger partial charge in [0, 0.05) is 11.6 Å². The average molecular weight is 230 g/mol. The largest absolute Gasteiger partial charge is 0.324 e. The molecule has 1 aliphatic rings. The Morgan fingerprint density at radius 3 is 2.67 bits per heavy atom. The highest BCUT2D eigenvalue weighted by molar-refractivity contribution is 5.85. The number of aryl methyl sites for hydroxylation is 1. The molecule has 1 nitrogen and oxygen atoms in total. The Labute approximate surface area is 96.3 Å². The first-order valence-corrected chi connectivity index (χ1v) is 5.18. The molecule has 1 aliphatic carbocycles. The van der Waals surface area contributed by atoms with Crippen LogP contribution in [0.15, 0.2) is 18.2 Å². The Balaban J connectivity index is 0.00000112. The summed E-state index contributed by atoms with van der Waals surface area (Å²) in [6.07, 6.45) is 3.46. The molecule has 84 valence electrons. The maximum Gasteiger partial charge on any atom is 0.128 e. The van der Waals surface area contributed by atoms with E-state index in [-0.39, 0.29) is 24.3 Å². The number of nitrogens with two attached hydrogens (primary N) is 1. The van der Waals surface area contributed by atoms with Crippen molar-refractivity contribution in [2.24, 2.45) is 11.7 Å². The van der Waals surface area contributed by atoms with Crippen LogP contribution in [0.3, 0.4) is 0 Å². The summed E-state index contributed by atoms with van der Waals surface area (Å²) in [5, 5.41) is 0. The summed E-state index contributed by atoms with van der Waals surface area (Å²) in [6.45, 7) is 1.89. The van der Waals surface area contributed by atoms with E-state index in [1.807, 2.05) is 19.1 Å². The second kappa shape index (κ2) is 4.95. The summed E-state index contributed by atoms with van der Waals surface area (Å²) in [5.74, 6) is 0.587. The van der Waals surface area contributed by atoms with Crippen LogP contribution in [0.2, 0.25) is 0 Å². The van der Waals surface area contributed by atoms with Gasteiger partial charge in [-0.15, -0.1) is 12.4 Å². The van der Waals surface area contributed by atoms with E-state index >= 15 is 0 Å². The normalized spacial score (nSPS) is 17.0. The third-order valence-corrected chi connectivity index (χ3v) is 2.84. The summed E-state index contributed by atoms with van der Waals surface area (Å²) < 4.78 is 13.5. The van der Waals surface area contributed by atoms with Gasteiger partial charge in [-0.3, -0.25) is 0 Å². The molecular weight excluding hydrogens is 213 g/mol. The highest BCUT2D eigenvalue weighted by Crippen LogP contribution is 2.37. The fourth-order valence-corrected chi connectivity index (χ4v) is 1.77. The van der Waals surface area contributed by atoms with Gasteiger partial charge < -0.3 is 5.73 Å². The predicted octanol–water partition coefficient (Wildman–Crippen LogP) is 3.36. The minimum absolute atomic E-state index is 0. The third-order valence-electron chi connectivity index (χ3n) is 2.84. The van der Waals surface area contributed by atoms with Crippen molar-refractivity contribution in [1.82, 2.24) is 0 Å². The Hall–Kier alpha value is -0.600. The molecule has 1 fully saturated rings. The molecule has 1 saturated carbocycles. The molecule has 2 N–H and O–H groups in total. The van der Waals surface area contributed by atoms with Gasteiger partial charge in [-0.05, 0) is 30.9 Å². The lowest BCUT2D eigenvalue weighted by molar-refractivity contribution is 0.542. The lowest BCUT2D eigenvalue weighted by Gasteiger charge is -2.12. The molecule has 0 spiro atoms. The van der Waals surface area contributed by atoms with Gasteiger partial charge in [0.25, 0.3) is 0 Å². The van der Waals surface area contributed by atoms with Crippen molar-refractivity contribution in [2.45, 2.75) is 32.2 Å². The van der Waals surface area contributed by atoms with Gasteiger partial charge in [0.15, 0.2) is 0 Å². The van der Waals surface area contributed by atoms with Crippen LogP contribution in [0, 0.1) is 18.7 Å². The number of halogens is 2. The molecule has 15 heavy (non-hydrogen) atoms. The number of benzene rings is 1. The maximum atomic E-state index is 13.5. The van der Waals surface area contributed by atoms with E-state index in [4.69, 9.17) is 5.73 Å². The molecule has 1 atom stereocenters. The van der Waals surface area contributed by atoms with Gasteiger partial charge in [-0.2, -0.15) is 0 Å². The average Bonchev–Trinajstić information content (AvgIpc) is 2.87. The van der Waals surface area contributed by atoms with Crippen molar-refractivity contribution < 1.29 is 4.39 Å². The second-order valence-corrected chi connectivity index (χ2v) is 4.31. The third kappa shape index (κ3) is 3.18. The van der Waals surface area contributed by atoms with Gasteiger partial charge in [0.2, 0.25) is 0 Å². The van der Waals surface area contributed by atoms with Crippen LogP contribution >= 0.6 is 12.4 Å². The highest BCUT2D eigenvalue weighted by Gasteiger charge is 2.25. The summed E-state index contributed by atoms with van der Waals surface area (Å²) in [4.78, 5) is 0. The van der Waals surface area contributed by atoms with Crippen molar-refractivity contribution in [3.8, 4) is 0 Å². The molecule has 2 rings (SSSR count). The Morgan fingerprint density at radius 2 is 2.13 bits per heavy atom. The number of hydrogen-bond donors (Lipinski definition) is 1. The van der Waals surface area contributed by atoms with Gasteiger partial charge >= 0.3 is 0 Å². The number of hydrogen-bond acceptors (Lipinski definition) is 1. The van der Waals surface area contributed by atoms with Crippen LogP contribution in [0.25, 0.3) is 0 Å². The van der Waals surface area contributed by atoms with Crippen LogP contribution in [0.5, 0.6) is 0 Å². The summed E-state index contributed by atoms with van der Waals surface area (Å²) in [6, 6.07) is 5.17. The molecule has 0 bridgehead atoms. The standard InChI is InChI=1S/C12H16FN.ClH/c1-8-2-5-10(11(13)6-8)12(14)7-9-3-4-9;/h2,5-6,9,12H,3-4,7,14H2,1H3;1H/t12-;/m0./s1. The van der Waals surface area contributed by atoms with E-state index in [9.17, 15) is 4.39 Å². The number of rotatable bonds is 3. The van der Waals surface area contributed by atoms with Gasteiger partial charge in [-0.25, -0.2) is 4.39 Å². The van der Waals surface area contributed by atoms with E-state index in [2.05, 4.69) is 0 Å². The van der Waals surface area contributed by atoms with E-state index in [0.29, 0.717) is 5.56 Å². The second-order valence-electron chi connectivity index (χ2n) is 4.31. The first kappa shape index (κ1) is 12.5. The highest BCUT2D eigenvalue weighted by atomic mass is 35.5. The molecular formula is C12H17ClFN. The molecule has 1 aromatic carbocycles. The Morgan fingerprint density at radius 1 is 1.47 bits per heavy atom. The van der Waals surface area contributed by atoms with Gasteiger partial charge in [0.05, 0.1) is 0 Å². The van der Waals surface area contributed by atoms with E-state index in [0.717, 1.165) is 17.9 Å². The van der Waals surface area contributed by atoms with Crippen LogP contribution in [-0.4, -0.2) is 0 Å². The zero-order chi connectivity index (χ0) is 10.1. The summed E-state index contributed by atoms with van der Waals surface area (Å²) in [7, 11) is 0. The fraction of sp³-hybridized carbons (Fsp3) is 0.500. The molecule has 0 unspecified atom stereocenters. The Kier molecular flexibility index (Phi) is 4.12. The van der Waals surface area contributed by atoms with Crippen molar-refractivity contribution in [2.75, 3.05) is 0 Å². The zero-order valence-corrected chi connectivity index (χ0v) is 9.69. The molecule has 0 amide bonds. The zero-order valence-electron chi connectivity index (χ0n) is 8.87. The minimum Gasteiger partial charge on any atom is -0.324 e.